The molecule has 0 unspecified atom stereocenters. The Labute approximate surface area is 161 Å². The van der Waals surface area contributed by atoms with Gasteiger partial charge in [-0.1, -0.05) is 72.8 Å². The van der Waals surface area contributed by atoms with Crippen molar-refractivity contribution in [2.24, 2.45) is 0 Å². The summed E-state index contributed by atoms with van der Waals surface area (Å²) in [5, 5.41) is 13.2. The van der Waals surface area contributed by atoms with Crippen molar-refractivity contribution in [1.29, 1.82) is 0 Å². The first-order valence-electron chi connectivity index (χ1n) is 7.68. The number of carboxylic acids is 1. The Morgan fingerprint density at radius 1 is 1.40 bits per heavy atom. The lowest BCUT2D eigenvalue weighted by Crippen LogP contribution is -2.11. The molecule has 4 nitrogen and oxygen atoms in total. The minimum atomic E-state index is -1.14. The van der Waals surface area contributed by atoms with E-state index in [0.717, 1.165) is 10.0 Å². The van der Waals surface area contributed by atoms with Crippen LogP contribution in [0.15, 0.2) is 59.6 Å². The van der Waals surface area contributed by atoms with Crippen molar-refractivity contribution >= 4 is 50.2 Å². The van der Waals surface area contributed by atoms with Gasteiger partial charge in [0.15, 0.2) is 0 Å². The van der Waals surface area contributed by atoms with Gasteiger partial charge in [-0.25, -0.2) is 9.78 Å². The number of carboxylic acid groups (broad SMARTS) is 1. The quantitative estimate of drug-likeness (QED) is 0.552. The van der Waals surface area contributed by atoms with Gasteiger partial charge in [0.2, 0.25) is 0 Å². The second-order valence-electron chi connectivity index (χ2n) is 4.65. The second kappa shape index (κ2) is 10.0. The maximum absolute atomic E-state index is 11.6. The van der Waals surface area contributed by atoms with Crippen molar-refractivity contribution in [3.8, 4) is 0 Å². The van der Waals surface area contributed by atoms with Crippen molar-refractivity contribution in [1.82, 2.24) is 4.98 Å². The fourth-order valence-corrected chi connectivity index (χ4v) is 2.74. The number of aromatic nitrogens is 1. The van der Waals surface area contributed by atoms with Crippen molar-refractivity contribution < 1.29 is 9.90 Å². The lowest BCUT2D eigenvalue weighted by Gasteiger charge is -2.13. The summed E-state index contributed by atoms with van der Waals surface area (Å²) in [4.78, 5) is 16.0. The topological polar surface area (TPSA) is 62.2 Å². The molecule has 0 bridgehead atoms. The van der Waals surface area contributed by atoms with Crippen LogP contribution in [0.25, 0.3) is 10.9 Å². The summed E-state index contributed by atoms with van der Waals surface area (Å²) < 4.78 is 0.800. The van der Waals surface area contributed by atoms with Crippen LogP contribution >= 0.6 is 27.5 Å². The Hall–Kier alpha value is -2.11. The highest BCUT2D eigenvalue weighted by atomic mass is 79.9. The van der Waals surface area contributed by atoms with Crippen LogP contribution in [0, 0.1) is 0 Å². The predicted molar refractivity (Wildman–Crippen MR) is 110 cm³/mol. The van der Waals surface area contributed by atoms with Crippen LogP contribution in [0.3, 0.4) is 0 Å². The lowest BCUT2D eigenvalue weighted by atomic mass is 10.1. The molecule has 6 heteroatoms. The molecule has 0 amide bonds. The molecule has 0 aliphatic heterocycles. The average Bonchev–Trinajstić information content (AvgIpc) is 2.60. The molecular weight excluding hydrogens is 404 g/mol. The smallest absolute Gasteiger partial charge is 0.341 e. The molecule has 25 heavy (non-hydrogen) atoms. The van der Waals surface area contributed by atoms with Crippen molar-refractivity contribution in [2.75, 3.05) is 11.9 Å². The molecule has 0 aliphatic rings. The van der Waals surface area contributed by atoms with Gasteiger partial charge in [-0.2, -0.15) is 0 Å². The molecule has 0 spiro atoms. The zero-order valence-electron chi connectivity index (χ0n) is 14.1. The number of anilines is 1. The van der Waals surface area contributed by atoms with E-state index in [-0.39, 0.29) is 16.4 Å². The van der Waals surface area contributed by atoms with Gasteiger partial charge in [0.05, 0.1) is 10.5 Å². The molecule has 0 saturated carbocycles. The fourth-order valence-electron chi connectivity index (χ4n) is 2.06. The number of aromatic carboxylic acids is 1. The van der Waals surface area contributed by atoms with Crippen molar-refractivity contribution in [2.45, 2.75) is 13.8 Å². The SMILES string of the molecule is C=C/C=C(\C=C)CNc1nc2ccc(Br)cc2c(Cl)c1C(=O)O.CC. The number of nitrogens with zero attached hydrogens (tertiary/aromatic N) is 1. The number of nitrogens with one attached hydrogen (secondary N) is 1. The van der Waals surface area contributed by atoms with Crippen LogP contribution in [-0.4, -0.2) is 22.6 Å². The Kier molecular flexibility index (Phi) is 8.38. The number of benzene rings is 1. The number of allylic oxidation sites excluding steroid dienone is 2. The molecule has 1 aromatic carbocycles. The third kappa shape index (κ3) is 5.18. The van der Waals surface area contributed by atoms with Gasteiger partial charge in [0.25, 0.3) is 0 Å². The minimum absolute atomic E-state index is 0.0562. The number of pyridine rings is 1. The van der Waals surface area contributed by atoms with Gasteiger partial charge < -0.3 is 10.4 Å². The Bertz CT molecular complexity index is 832. The van der Waals surface area contributed by atoms with Gasteiger partial charge in [-0.3, -0.25) is 0 Å². The Balaban J connectivity index is 0.00000151. The molecule has 0 fully saturated rings. The van der Waals surface area contributed by atoms with Crippen molar-refractivity contribution in [3.05, 3.63) is 70.2 Å². The van der Waals surface area contributed by atoms with Crippen LogP contribution in [0.2, 0.25) is 5.02 Å². The van der Waals surface area contributed by atoms with Gasteiger partial charge >= 0.3 is 5.97 Å². The number of hydrogen-bond donors (Lipinski definition) is 2. The Morgan fingerprint density at radius 2 is 2.08 bits per heavy atom. The number of fused-ring (bicyclic) bond motifs is 1. The summed E-state index contributed by atoms with van der Waals surface area (Å²) in [7, 11) is 0. The first-order valence-corrected chi connectivity index (χ1v) is 8.85. The molecule has 2 N–H and O–H groups in total. The van der Waals surface area contributed by atoms with Gasteiger partial charge in [-0.15, -0.1) is 0 Å². The van der Waals surface area contributed by atoms with Gasteiger partial charge in [-0.05, 0) is 23.8 Å². The van der Waals surface area contributed by atoms with Crippen LogP contribution in [0.1, 0.15) is 24.2 Å². The normalized spacial score (nSPS) is 10.6. The van der Waals surface area contributed by atoms with E-state index in [1.54, 1.807) is 30.4 Å². The molecule has 0 radical (unpaired) electrons. The monoisotopic (exact) mass is 422 g/mol. The van der Waals surface area contributed by atoms with E-state index in [2.05, 4.69) is 39.4 Å². The summed E-state index contributed by atoms with van der Waals surface area (Å²) in [6.07, 6.45) is 5.07. The molecular formula is C19H20BrClN2O2. The number of hydrogen-bond acceptors (Lipinski definition) is 3. The molecule has 0 saturated heterocycles. The third-order valence-electron chi connectivity index (χ3n) is 3.15. The van der Waals surface area contributed by atoms with E-state index < -0.39 is 5.97 Å². The molecule has 1 heterocycles. The standard InChI is InChI=1S/C17H14BrClN2O2.C2H6/c1-3-5-10(4-2)9-20-16-14(17(22)23)15(19)12-8-11(18)6-7-13(12)21-16;1-2/h3-8H,1-2,9H2,(H,20,21)(H,22,23);1-2H3/b10-5+;. The molecule has 0 aliphatic carbocycles. The first-order chi connectivity index (χ1) is 12.0. The van der Waals surface area contributed by atoms with Crippen LogP contribution < -0.4 is 5.32 Å². The zero-order chi connectivity index (χ0) is 19.0. The summed E-state index contributed by atoms with van der Waals surface area (Å²) in [6.45, 7) is 11.7. The maximum atomic E-state index is 11.6. The van der Waals surface area contributed by atoms with Crippen molar-refractivity contribution in [3.63, 3.8) is 0 Å². The summed E-state index contributed by atoms with van der Waals surface area (Å²) in [6, 6.07) is 5.34. The number of rotatable bonds is 6. The molecule has 1 aromatic heterocycles. The third-order valence-corrected chi connectivity index (χ3v) is 4.04. The highest BCUT2D eigenvalue weighted by Gasteiger charge is 2.19. The van der Waals surface area contributed by atoms with E-state index in [1.165, 1.54) is 0 Å². The maximum Gasteiger partial charge on any atom is 0.341 e. The number of carbonyl (C=O) groups is 1. The highest BCUT2D eigenvalue weighted by molar-refractivity contribution is 9.10. The first kappa shape index (κ1) is 20.9. The largest absolute Gasteiger partial charge is 0.478 e. The van der Waals surface area contributed by atoms with Gasteiger partial charge in [0.1, 0.15) is 11.4 Å². The summed E-state index contributed by atoms with van der Waals surface area (Å²) in [5.41, 5.74) is 1.41. The van der Waals surface area contributed by atoms with Crippen LogP contribution in [0.5, 0.6) is 0 Å². The molecule has 2 rings (SSSR count). The summed E-state index contributed by atoms with van der Waals surface area (Å²) >= 11 is 9.64. The number of halogens is 2. The Morgan fingerprint density at radius 3 is 2.64 bits per heavy atom. The average molecular weight is 424 g/mol. The van der Waals surface area contributed by atoms with E-state index in [9.17, 15) is 9.90 Å². The second-order valence-corrected chi connectivity index (χ2v) is 5.94. The lowest BCUT2D eigenvalue weighted by molar-refractivity contribution is 0.0698. The van der Waals surface area contributed by atoms with E-state index in [1.807, 2.05) is 19.9 Å². The molecule has 0 atom stereocenters. The predicted octanol–water partition coefficient (Wildman–Crippen LogP) is 6.09. The molecule has 2 aromatic rings. The minimum Gasteiger partial charge on any atom is -0.478 e. The van der Waals surface area contributed by atoms with Crippen LogP contribution in [0.4, 0.5) is 5.82 Å². The fraction of sp³-hybridized carbons (Fsp3) is 0.158. The zero-order valence-corrected chi connectivity index (χ0v) is 16.5. The summed E-state index contributed by atoms with van der Waals surface area (Å²) in [5.74, 6) is -0.922. The van der Waals surface area contributed by atoms with E-state index >= 15 is 0 Å². The van der Waals surface area contributed by atoms with E-state index in [0.29, 0.717) is 17.4 Å². The highest BCUT2D eigenvalue weighted by Crippen LogP contribution is 2.32. The van der Waals surface area contributed by atoms with Crippen LogP contribution in [-0.2, 0) is 0 Å². The van der Waals surface area contributed by atoms with E-state index in [4.69, 9.17) is 11.6 Å². The molecule has 132 valence electrons. The van der Waals surface area contributed by atoms with Gasteiger partial charge in [0, 0.05) is 16.4 Å².